The molecule has 0 radical (unpaired) electrons. The van der Waals surface area contributed by atoms with Gasteiger partial charge in [-0.15, -0.1) is 13.2 Å². The van der Waals surface area contributed by atoms with Gasteiger partial charge >= 0.3 is 6.36 Å². The van der Waals surface area contributed by atoms with Crippen LogP contribution in [0.4, 0.5) is 18.9 Å². The van der Waals surface area contributed by atoms with Crippen molar-refractivity contribution in [3.8, 4) is 5.75 Å². The van der Waals surface area contributed by atoms with Crippen molar-refractivity contribution in [2.75, 3.05) is 5.32 Å². The molecule has 0 saturated heterocycles. The Kier molecular flexibility index (Phi) is 4.07. The first-order valence-corrected chi connectivity index (χ1v) is 5.39. The van der Waals surface area contributed by atoms with Gasteiger partial charge in [-0.2, -0.15) is 0 Å². The van der Waals surface area contributed by atoms with Crippen molar-refractivity contribution in [1.29, 1.82) is 0 Å². The molecule has 6 heteroatoms. The van der Waals surface area contributed by atoms with Crippen molar-refractivity contribution in [2.45, 2.75) is 26.3 Å². The second kappa shape index (κ2) is 4.95. The summed E-state index contributed by atoms with van der Waals surface area (Å²) in [6, 6.07) is 4.32. The third-order valence-corrected chi connectivity index (χ3v) is 2.10. The maximum Gasteiger partial charge on any atom is 0.573 e. The predicted octanol–water partition coefficient (Wildman–Crippen LogP) is 4.17. The van der Waals surface area contributed by atoms with Crippen LogP contribution in [0.2, 0.25) is 0 Å². The van der Waals surface area contributed by atoms with Gasteiger partial charge in [-0.25, -0.2) is 0 Å². The second-order valence-corrected chi connectivity index (χ2v) is 4.40. The Morgan fingerprint density at radius 3 is 2.44 bits per heavy atom. The molecule has 0 amide bonds. The van der Waals surface area contributed by atoms with Crippen molar-refractivity contribution in [3.05, 3.63) is 22.7 Å². The molecule has 90 valence electrons. The minimum Gasteiger partial charge on any atom is -0.404 e. The maximum atomic E-state index is 12.1. The first-order chi connectivity index (χ1) is 7.28. The number of ether oxygens (including phenoxy) is 1. The molecule has 0 fully saturated rings. The molecule has 0 aromatic heterocycles. The van der Waals surface area contributed by atoms with E-state index in [1.807, 2.05) is 13.8 Å². The summed E-state index contributed by atoms with van der Waals surface area (Å²) in [5.74, 6) is -0.232. The van der Waals surface area contributed by atoms with Crippen LogP contribution in [0.25, 0.3) is 0 Å². The number of hydrogen-bond donors (Lipinski definition) is 1. The highest BCUT2D eigenvalue weighted by molar-refractivity contribution is 9.10. The lowest BCUT2D eigenvalue weighted by molar-refractivity contribution is -0.274. The molecule has 0 atom stereocenters. The minimum atomic E-state index is -4.68. The fourth-order valence-electron chi connectivity index (χ4n) is 1.14. The lowest BCUT2D eigenvalue weighted by Crippen LogP contribution is -2.19. The molecular formula is C10H11BrF3NO. The average molecular weight is 298 g/mol. The van der Waals surface area contributed by atoms with E-state index in [9.17, 15) is 13.2 Å². The third-order valence-electron chi connectivity index (χ3n) is 1.61. The second-order valence-electron chi connectivity index (χ2n) is 3.49. The topological polar surface area (TPSA) is 21.3 Å². The Labute approximate surface area is 99.9 Å². The van der Waals surface area contributed by atoms with Gasteiger partial charge in [0.05, 0.1) is 5.69 Å². The molecule has 2 nitrogen and oxygen atoms in total. The largest absolute Gasteiger partial charge is 0.573 e. The van der Waals surface area contributed by atoms with E-state index in [4.69, 9.17) is 0 Å². The van der Waals surface area contributed by atoms with Crippen LogP contribution in [0.5, 0.6) is 5.75 Å². The van der Waals surface area contributed by atoms with Crippen molar-refractivity contribution < 1.29 is 17.9 Å². The molecule has 1 rings (SSSR count). The van der Waals surface area contributed by atoms with Crippen molar-refractivity contribution in [1.82, 2.24) is 0 Å². The number of rotatable bonds is 3. The predicted molar refractivity (Wildman–Crippen MR) is 59.6 cm³/mol. The molecule has 0 bridgehead atoms. The molecular weight excluding hydrogens is 287 g/mol. The highest BCUT2D eigenvalue weighted by Gasteiger charge is 2.32. The Hall–Kier alpha value is -0.910. The molecule has 0 spiro atoms. The normalized spacial score (nSPS) is 11.7. The highest BCUT2D eigenvalue weighted by atomic mass is 79.9. The van der Waals surface area contributed by atoms with Gasteiger partial charge in [-0.05, 0) is 32.0 Å². The molecule has 0 unspecified atom stereocenters. The summed E-state index contributed by atoms with van der Waals surface area (Å²) in [4.78, 5) is 0. The molecule has 0 aliphatic rings. The van der Waals surface area contributed by atoms with Crippen molar-refractivity contribution >= 4 is 21.6 Å². The molecule has 0 aliphatic carbocycles. The Bertz CT molecular complexity index is 366. The van der Waals surface area contributed by atoms with Gasteiger partial charge in [-0.1, -0.05) is 15.9 Å². The Morgan fingerprint density at radius 1 is 1.31 bits per heavy atom. The minimum absolute atomic E-state index is 0.0184. The lowest BCUT2D eigenvalue weighted by Gasteiger charge is -2.16. The maximum absolute atomic E-state index is 12.1. The van der Waals surface area contributed by atoms with Gasteiger partial charge in [0.1, 0.15) is 0 Å². The summed E-state index contributed by atoms with van der Waals surface area (Å²) in [5, 5.41) is 2.88. The van der Waals surface area contributed by atoms with Crippen molar-refractivity contribution in [3.63, 3.8) is 0 Å². The summed E-state index contributed by atoms with van der Waals surface area (Å²) in [7, 11) is 0. The van der Waals surface area contributed by atoms with Gasteiger partial charge in [0.15, 0.2) is 5.75 Å². The summed E-state index contributed by atoms with van der Waals surface area (Å²) in [5.41, 5.74) is 0.307. The number of anilines is 1. The van der Waals surface area contributed by atoms with E-state index in [0.717, 1.165) is 0 Å². The fraction of sp³-hybridized carbons (Fsp3) is 0.400. The number of halogens is 4. The molecule has 0 saturated carbocycles. The quantitative estimate of drug-likeness (QED) is 0.904. The number of hydrogen-bond acceptors (Lipinski definition) is 2. The van der Waals surface area contributed by atoms with Crippen LogP contribution in [0.1, 0.15) is 13.8 Å². The van der Waals surface area contributed by atoms with Crippen LogP contribution in [-0.2, 0) is 0 Å². The zero-order valence-corrected chi connectivity index (χ0v) is 10.3. The molecule has 1 aromatic rings. The van der Waals surface area contributed by atoms with Crippen molar-refractivity contribution in [2.24, 2.45) is 0 Å². The summed E-state index contributed by atoms with van der Waals surface area (Å²) in [6.07, 6.45) is -4.68. The van der Waals surface area contributed by atoms with E-state index < -0.39 is 6.36 Å². The van der Waals surface area contributed by atoms with E-state index in [1.54, 1.807) is 6.07 Å². The van der Waals surface area contributed by atoms with Crippen LogP contribution in [-0.4, -0.2) is 12.4 Å². The van der Waals surface area contributed by atoms with E-state index >= 15 is 0 Å². The smallest absolute Gasteiger partial charge is 0.404 e. The average Bonchev–Trinajstić information content (AvgIpc) is 2.06. The first-order valence-electron chi connectivity index (χ1n) is 4.60. The summed E-state index contributed by atoms with van der Waals surface area (Å²) >= 11 is 3.19. The molecule has 1 aromatic carbocycles. The SMILES string of the molecule is CC(C)Nc1cc(Br)ccc1OC(F)(F)F. The Morgan fingerprint density at radius 2 is 1.94 bits per heavy atom. The van der Waals surface area contributed by atoms with E-state index in [-0.39, 0.29) is 11.8 Å². The first kappa shape index (κ1) is 13.2. The van der Waals surface area contributed by atoms with Gasteiger partial charge in [-0.3, -0.25) is 0 Å². The molecule has 0 aliphatic heterocycles. The monoisotopic (exact) mass is 297 g/mol. The molecule has 1 N–H and O–H groups in total. The molecule has 16 heavy (non-hydrogen) atoms. The lowest BCUT2D eigenvalue weighted by atomic mass is 10.2. The number of alkyl halides is 3. The van der Waals surface area contributed by atoms with Gasteiger partial charge in [0.25, 0.3) is 0 Å². The number of benzene rings is 1. The third kappa shape index (κ3) is 4.30. The van der Waals surface area contributed by atoms with Crippen LogP contribution in [0, 0.1) is 0 Å². The number of nitrogens with one attached hydrogen (secondary N) is 1. The van der Waals surface area contributed by atoms with Crippen LogP contribution >= 0.6 is 15.9 Å². The zero-order valence-electron chi connectivity index (χ0n) is 8.73. The van der Waals surface area contributed by atoms with Crippen LogP contribution in [0.3, 0.4) is 0 Å². The standard InChI is InChI=1S/C10H11BrF3NO/c1-6(2)15-8-5-7(11)3-4-9(8)16-10(12,13)14/h3-6,15H,1-2H3. The Balaban J connectivity index is 2.98. The van der Waals surface area contributed by atoms with E-state index in [0.29, 0.717) is 10.2 Å². The fourth-order valence-corrected chi connectivity index (χ4v) is 1.50. The van der Waals surface area contributed by atoms with Gasteiger partial charge < -0.3 is 10.1 Å². The van der Waals surface area contributed by atoms with Gasteiger partial charge in [0.2, 0.25) is 0 Å². The van der Waals surface area contributed by atoms with E-state index in [1.165, 1.54) is 12.1 Å². The van der Waals surface area contributed by atoms with Crippen LogP contribution < -0.4 is 10.1 Å². The van der Waals surface area contributed by atoms with Gasteiger partial charge in [0, 0.05) is 10.5 Å². The van der Waals surface area contributed by atoms with E-state index in [2.05, 4.69) is 26.0 Å². The highest BCUT2D eigenvalue weighted by Crippen LogP contribution is 2.32. The summed E-state index contributed by atoms with van der Waals surface area (Å²) < 4.78 is 40.9. The van der Waals surface area contributed by atoms with Crippen LogP contribution in [0.15, 0.2) is 22.7 Å². The zero-order chi connectivity index (χ0) is 12.3. The summed E-state index contributed by atoms with van der Waals surface area (Å²) in [6.45, 7) is 3.66. The molecule has 0 heterocycles.